The average molecular weight is 545 g/mol. The van der Waals surface area contributed by atoms with Gasteiger partial charge in [0.05, 0.1) is 7.11 Å². The number of anilines is 1. The van der Waals surface area contributed by atoms with E-state index in [0.29, 0.717) is 13.1 Å². The molecule has 2 atom stereocenters. The van der Waals surface area contributed by atoms with Crippen LogP contribution < -0.4 is 10.1 Å². The number of pyridine rings is 1. The number of aryl methyl sites for hydroxylation is 2. The number of fused-ring (bicyclic) bond motifs is 1. The Bertz CT molecular complexity index is 1160. The summed E-state index contributed by atoms with van der Waals surface area (Å²) in [4.78, 5) is 21.3. The first-order chi connectivity index (χ1) is 18.7. The van der Waals surface area contributed by atoms with Crippen molar-refractivity contribution in [3.8, 4) is 5.75 Å². The van der Waals surface area contributed by atoms with Crippen LogP contribution >= 0.6 is 0 Å². The fourth-order valence-corrected chi connectivity index (χ4v) is 5.86. The molecule has 0 saturated carbocycles. The van der Waals surface area contributed by atoms with Crippen molar-refractivity contribution in [1.82, 2.24) is 14.8 Å². The van der Waals surface area contributed by atoms with Gasteiger partial charge in [-0.1, -0.05) is 26.3 Å². The van der Waals surface area contributed by atoms with Crippen molar-refractivity contribution in [2.45, 2.75) is 76.8 Å². The summed E-state index contributed by atoms with van der Waals surface area (Å²) in [6.45, 7) is 6.52. The molecule has 214 valence electrons. The van der Waals surface area contributed by atoms with Crippen LogP contribution in [0.15, 0.2) is 18.2 Å². The third-order valence-corrected chi connectivity index (χ3v) is 8.15. The summed E-state index contributed by atoms with van der Waals surface area (Å²) in [5.41, 5.74) is 2.77. The Balaban J connectivity index is 1.32. The summed E-state index contributed by atoms with van der Waals surface area (Å²) in [6.07, 6.45) is 7.25. The normalized spacial score (nSPS) is 18.3. The second kappa shape index (κ2) is 13.0. The smallest absolute Gasteiger partial charge is 0.325 e. The maximum absolute atomic E-state index is 14.9. The van der Waals surface area contributed by atoms with Crippen LogP contribution in [0.5, 0.6) is 5.75 Å². The van der Waals surface area contributed by atoms with Gasteiger partial charge < -0.3 is 20.1 Å². The van der Waals surface area contributed by atoms with Crippen LogP contribution in [-0.4, -0.2) is 72.2 Å². The molecule has 1 aromatic carbocycles. The minimum absolute atomic E-state index is 0.157. The maximum Gasteiger partial charge on any atom is 0.325 e. The number of methoxy groups -OCH3 is 1. The van der Waals surface area contributed by atoms with E-state index in [-0.39, 0.29) is 28.8 Å². The van der Waals surface area contributed by atoms with E-state index < -0.39 is 23.6 Å². The third-order valence-electron chi connectivity index (χ3n) is 8.15. The lowest BCUT2D eigenvalue weighted by Crippen LogP contribution is -2.38. The first-order valence-electron chi connectivity index (χ1n) is 14.2. The number of carbonyl (C=O) groups is 1. The number of benzene rings is 1. The number of hydrogen-bond acceptors (Lipinski definition) is 6. The molecule has 1 aromatic heterocycles. The number of likely N-dealkylation sites (N-methyl/N-ethyl adjacent to an activating group) is 1. The predicted molar refractivity (Wildman–Crippen MR) is 149 cm³/mol. The second-order valence-electron chi connectivity index (χ2n) is 11.2. The Morgan fingerprint density at radius 3 is 2.74 bits per heavy atom. The minimum atomic E-state index is -1.13. The van der Waals surface area contributed by atoms with E-state index in [2.05, 4.69) is 29.4 Å². The lowest BCUT2D eigenvalue weighted by atomic mass is 9.95. The monoisotopic (exact) mass is 544 g/mol. The van der Waals surface area contributed by atoms with Gasteiger partial charge in [0.1, 0.15) is 11.9 Å². The number of aromatic nitrogens is 1. The number of carboxylic acid groups (broad SMARTS) is 1. The molecule has 2 aliphatic heterocycles. The van der Waals surface area contributed by atoms with Gasteiger partial charge in [-0.2, -0.15) is 4.39 Å². The van der Waals surface area contributed by atoms with E-state index in [4.69, 9.17) is 9.72 Å². The third kappa shape index (κ3) is 6.69. The Kier molecular flexibility index (Phi) is 9.77. The number of nitrogens with zero attached hydrogens (tertiary/aromatic N) is 3. The molecule has 0 radical (unpaired) electrons. The van der Waals surface area contributed by atoms with Gasteiger partial charge >= 0.3 is 5.97 Å². The van der Waals surface area contributed by atoms with Crippen LogP contribution in [0, 0.1) is 11.6 Å². The Morgan fingerprint density at radius 1 is 1.23 bits per heavy atom. The molecule has 2 aliphatic rings. The van der Waals surface area contributed by atoms with Gasteiger partial charge in [-0.15, -0.1) is 0 Å². The highest BCUT2D eigenvalue weighted by Gasteiger charge is 2.38. The number of rotatable bonds is 12. The molecular weight excluding hydrogens is 502 g/mol. The van der Waals surface area contributed by atoms with Crippen LogP contribution in [0.25, 0.3) is 0 Å². The van der Waals surface area contributed by atoms with Gasteiger partial charge in [-0.05, 0) is 81.3 Å². The van der Waals surface area contributed by atoms with E-state index >= 15 is 0 Å². The molecule has 9 heteroatoms. The summed E-state index contributed by atoms with van der Waals surface area (Å²) in [7, 11) is 3.32. The number of carboxylic acids is 1. The van der Waals surface area contributed by atoms with Crippen molar-refractivity contribution in [2.75, 3.05) is 45.7 Å². The summed E-state index contributed by atoms with van der Waals surface area (Å²) in [5.74, 6) is -2.78. The SMILES string of the molecule is COc1c([C@H](C(=O)O)N2CC[C@@H](N(C)CCCCCc3ccc4c(n3)NCCC4)C2)cc(C(C)C)c(F)c1F. The molecule has 0 unspecified atom stereocenters. The van der Waals surface area contributed by atoms with Gasteiger partial charge in [0.15, 0.2) is 11.6 Å². The first-order valence-corrected chi connectivity index (χ1v) is 14.2. The highest BCUT2D eigenvalue weighted by molar-refractivity contribution is 5.77. The molecule has 3 heterocycles. The van der Waals surface area contributed by atoms with E-state index in [1.807, 2.05) is 4.90 Å². The fourth-order valence-electron chi connectivity index (χ4n) is 5.86. The summed E-state index contributed by atoms with van der Waals surface area (Å²) in [6, 6.07) is 4.90. The van der Waals surface area contributed by atoms with Crippen LogP contribution in [0.4, 0.5) is 14.6 Å². The van der Waals surface area contributed by atoms with Gasteiger partial charge in [-0.3, -0.25) is 9.69 Å². The maximum atomic E-state index is 14.9. The number of unbranched alkanes of at least 4 members (excludes halogenated alkanes) is 2. The van der Waals surface area contributed by atoms with E-state index in [1.165, 1.54) is 18.7 Å². The zero-order valence-corrected chi connectivity index (χ0v) is 23.6. The first kappa shape index (κ1) is 29.2. The highest BCUT2D eigenvalue weighted by Crippen LogP contribution is 2.38. The van der Waals surface area contributed by atoms with Gasteiger partial charge in [0.25, 0.3) is 0 Å². The minimum Gasteiger partial charge on any atom is -0.493 e. The number of ether oxygens (including phenoxy) is 1. The Hall–Kier alpha value is -2.78. The van der Waals surface area contributed by atoms with E-state index in [1.54, 1.807) is 13.8 Å². The number of halogens is 2. The molecular formula is C30H42F2N4O3. The molecule has 1 fully saturated rings. The molecule has 0 amide bonds. The number of likely N-dealkylation sites (tertiary alicyclic amines) is 1. The number of nitrogens with one attached hydrogen (secondary N) is 1. The van der Waals surface area contributed by atoms with Gasteiger partial charge in [-0.25, -0.2) is 9.37 Å². The molecule has 7 nitrogen and oxygen atoms in total. The largest absolute Gasteiger partial charge is 0.493 e. The van der Waals surface area contributed by atoms with Crippen LogP contribution in [-0.2, 0) is 17.6 Å². The summed E-state index contributed by atoms with van der Waals surface area (Å²) < 4.78 is 34.6. The van der Waals surface area contributed by atoms with E-state index in [0.717, 1.165) is 69.5 Å². The Labute approximate surface area is 230 Å². The topological polar surface area (TPSA) is 77.9 Å². The zero-order chi connectivity index (χ0) is 28.1. The van der Waals surface area contributed by atoms with Crippen LogP contribution in [0.1, 0.15) is 80.3 Å². The molecule has 0 spiro atoms. The van der Waals surface area contributed by atoms with Crippen LogP contribution in [0.3, 0.4) is 0 Å². The fraction of sp³-hybridized carbons (Fsp3) is 0.600. The summed E-state index contributed by atoms with van der Waals surface area (Å²) >= 11 is 0. The molecule has 4 rings (SSSR count). The van der Waals surface area contributed by atoms with Crippen molar-refractivity contribution >= 4 is 11.8 Å². The van der Waals surface area contributed by atoms with Crippen molar-refractivity contribution in [3.05, 3.63) is 52.2 Å². The molecule has 39 heavy (non-hydrogen) atoms. The molecule has 0 aliphatic carbocycles. The number of hydrogen-bond donors (Lipinski definition) is 2. The lowest BCUT2D eigenvalue weighted by Gasteiger charge is -2.29. The standard InChI is InChI=1S/C30H42F2N4O3/c1-19(2)23-17-24(28(39-4)26(32)25(23)31)27(30(37)38)36-16-13-22(18-36)35(3)15-7-5-6-10-21-12-11-20-9-8-14-33-29(20)34-21/h11-12,17,19,22,27H,5-10,13-16,18H2,1-4H3,(H,33,34)(H,37,38)/t22-,27-/m1/s1. The summed E-state index contributed by atoms with van der Waals surface area (Å²) in [5, 5.41) is 13.5. The van der Waals surface area contributed by atoms with Gasteiger partial charge in [0.2, 0.25) is 5.82 Å². The number of aliphatic carboxylic acids is 1. The van der Waals surface area contributed by atoms with Crippen LogP contribution in [0.2, 0.25) is 0 Å². The lowest BCUT2D eigenvalue weighted by molar-refractivity contribution is -0.143. The Morgan fingerprint density at radius 2 is 2.03 bits per heavy atom. The van der Waals surface area contributed by atoms with Crippen molar-refractivity contribution < 1.29 is 23.4 Å². The van der Waals surface area contributed by atoms with Crippen molar-refractivity contribution in [1.29, 1.82) is 0 Å². The van der Waals surface area contributed by atoms with Crippen molar-refractivity contribution in [3.63, 3.8) is 0 Å². The second-order valence-corrected chi connectivity index (χ2v) is 11.2. The average Bonchev–Trinajstić information content (AvgIpc) is 3.40. The zero-order valence-electron chi connectivity index (χ0n) is 23.6. The molecule has 2 N–H and O–H groups in total. The predicted octanol–water partition coefficient (Wildman–Crippen LogP) is 5.39. The molecule has 0 bridgehead atoms. The quantitative estimate of drug-likeness (QED) is 0.347. The molecule has 1 saturated heterocycles. The van der Waals surface area contributed by atoms with Crippen molar-refractivity contribution in [2.24, 2.45) is 0 Å². The van der Waals surface area contributed by atoms with Gasteiger partial charge in [0, 0.05) is 36.9 Å². The highest BCUT2D eigenvalue weighted by atomic mass is 19.2. The molecule has 2 aromatic rings. The van der Waals surface area contributed by atoms with E-state index in [9.17, 15) is 18.7 Å².